The normalized spacial score (nSPS) is 22.7. The smallest absolute Gasteiger partial charge is 0.353 e. The zero-order valence-electron chi connectivity index (χ0n) is 13.9. The van der Waals surface area contributed by atoms with E-state index in [0.29, 0.717) is 38.4 Å². The van der Waals surface area contributed by atoms with Gasteiger partial charge in [0.2, 0.25) is 5.91 Å². The number of amides is 1. The van der Waals surface area contributed by atoms with Crippen molar-refractivity contribution in [1.82, 2.24) is 19.6 Å². The fraction of sp³-hybridized carbons (Fsp3) is 0.667. The zero-order chi connectivity index (χ0) is 18.2. The van der Waals surface area contributed by atoms with Gasteiger partial charge in [0.1, 0.15) is 12.4 Å². The van der Waals surface area contributed by atoms with E-state index >= 15 is 0 Å². The molecule has 0 aliphatic carbocycles. The molecule has 3 heterocycles. The van der Waals surface area contributed by atoms with Crippen LogP contribution in [0, 0.1) is 0 Å². The van der Waals surface area contributed by atoms with E-state index in [9.17, 15) is 22.8 Å². The molecule has 7 nitrogen and oxygen atoms in total. The summed E-state index contributed by atoms with van der Waals surface area (Å²) in [6, 6.07) is 2.63. The summed E-state index contributed by atoms with van der Waals surface area (Å²) in [5.41, 5.74) is -0.191. The lowest BCUT2D eigenvalue weighted by Gasteiger charge is -2.37. The number of nitrogens with zero attached hydrogens (tertiary/aromatic N) is 5. The van der Waals surface area contributed by atoms with Crippen molar-refractivity contribution < 1.29 is 18.0 Å². The van der Waals surface area contributed by atoms with Crippen molar-refractivity contribution in [1.29, 1.82) is 0 Å². The first kappa shape index (κ1) is 17.7. The van der Waals surface area contributed by atoms with Crippen LogP contribution in [0.5, 0.6) is 0 Å². The number of carbonyl (C=O) groups is 1. The Bertz CT molecular complexity index is 697. The summed E-state index contributed by atoms with van der Waals surface area (Å²) in [4.78, 5) is 28.5. The molecule has 138 valence electrons. The van der Waals surface area contributed by atoms with E-state index in [4.69, 9.17) is 0 Å². The third kappa shape index (κ3) is 3.94. The Hall–Kier alpha value is -2.10. The van der Waals surface area contributed by atoms with Gasteiger partial charge in [0.05, 0.1) is 6.04 Å². The molecule has 0 saturated carbocycles. The number of carbonyl (C=O) groups excluding carboxylic acids is 1. The lowest BCUT2D eigenvalue weighted by Crippen LogP contribution is -2.53. The molecular formula is C15H20F3N5O2. The van der Waals surface area contributed by atoms with Crippen molar-refractivity contribution in [3.05, 3.63) is 22.5 Å². The fourth-order valence-electron chi connectivity index (χ4n) is 3.36. The molecule has 1 aromatic rings. The summed E-state index contributed by atoms with van der Waals surface area (Å²) in [6.45, 7) is 1.32. The first-order valence-corrected chi connectivity index (χ1v) is 8.13. The van der Waals surface area contributed by atoms with E-state index in [1.54, 1.807) is 13.1 Å². The van der Waals surface area contributed by atoms with Gasteiger partial charge in [-0.2, -0.15) is 18.3 Å². The van der Waals surface area contributed by atoms with Crippen LogP contribution in [0.25, 0.3) is 0 Å². The van der Waals surface area contributed by atoms with Crippen molar-refractivity contribution >= 4 is 11.7 Å². The van der Waals surface area contributed by atoms with Crippen LogP contribution in [0.3, 0.4) is 0 Å². The van der Waals surface area contributed by atoms with Gasteiger partial charge in [-0.05, 0) is 12.5 Å². The van der Waals surface area contributed by atoms with Gasteiger partial charge >= 0.3 is 6.18 Å². The summed E-state index contributed by atoms with van der Waals surface area (Å²) in [7, 11) is 1.58. The molecule has 25 heavy (non-hydrogen) atoms. The lowest BCUT2D eigenvalue weighted by molar-refractivity contribution is -0.159. The van der Waals surface area contributed by atoms with Gasteiger partial charge in [-0.1, -0.05) is 0 Å². The second-order valence-electron chi connectivity index (χ2n) is 6.36. The molecule has 2 aliphatic rings. The van der Waals surface area contributed by atoms with E-state index < -0.39 is 24.7 Å². The summed E-state index contributed by atoms with van der Waals surface area (Å²) in [5, 5.41) is 4.20. The number of aryl methyl sites for hydroxylation is 1. The van der Waals surface area contributed by atoms with Crippen LogP contribution in [-0.4, -0.2) is 77.0 Å². The molecule has 1 amide bonds. The number of alkyl halides is 3. The van der Waals surface area contributed by atoms with Crippen LogP contribution in [0.1, 0.15) is 6.42 Å². The van der Waals surface area contributed by atoms with Crippen molar-refractivity contribution in [3.8, 4) is 0 Å². The van der Waals surface area contributed by atoms with Crippen molar-refractivity contribution in [3.63, 3.8) is 0 Å². The van der Waals surface area contributed by atoms with Gasteiger partial charge in [0.25, 0.3) is 5.56 Å². The summed E-state index contributed by atoms with van der Waals surface area (Å²) >= 11 is 0. The minimum atomic E-state index is -4.36. The predicted molar refractivity (Wildman–Crippen MR) is 84.3 cm³/mol. The average molecular weight is 359 g/mol. The summed E-state index contributed by atoms with van der Waals surface area (Å²) < 4.78 is 38.8. The molecule has 1 unspecified atom stereocenters. The van der Waals surface area contributed by atoms with Gasteiger partial charge in [-0.25, -0.2) is 4.68 Å². The van der Waals surface area contributed by atoms with E-state index in [2.05, 4.69) is 5.10 Å². The highest BCUT2D eigenvalue weighted by Crippen LogP contribution is 2.24. The number of anilines is 1. The van der Waals surface area contributed by atoms with Crippen LogP contribution in [0.2, 0.25) is 0 Å². The van der Waals surface area contributed by atoms with Crippen LogP contribution < -0.4 is 10.5 Å². The summed E-state index contributed by atoms with van der Waals surface area (Å²) in [5.74, 6) is 0.240. The Morgan fingerprint density at radius 2 is 1.80 bits per heavy atom. The lowest BCUT2D eigenvalue weighted by atomic mass is 10.2. The summed E-state index contributed by atoms with van der Waals surface area (Å²) in [6.07, 6.45) is -3.94. The SMILES string of the molecule is Cn1nc(N2CCN(C3CCN(CC(F)(F)F)C3=O)CC2)ccc1=O. The van der Waals surface area contributed by atoms with Crippen molar-refractivity contribution in [2.75, 3.05) is 44.2 Å². The van der Waals surface area contributed by atoms with E-state index in [1.165, 1.54) is 10.7 Å². The van der Waals surface area contributed by atoms with Crippen molar-refractivity contribution in [2.45, 2.75) is 18.6 Å². The monoisotopic (exact) mass is 359 g/mol. The minimum absolute atomic E-state index is 0.144. The largest absolute Gasteiger partial charge is 0.406 e. The van der Waals surface area contributed by atoms with Gasteiger partial charge < -0.3 is 9.80 Å². The van der Waals surface area contributed by atoms with E-state index in [0.717, 1.165) is 4.90 Å². The number of piperazine rings is 1. The molecule has 0 N–H and O–H groups in total. The topological polar surface area (TPSA) is 61.7 Å². The third-order valence-electron chi connectivity index (χ3n) is 4.66. The number of likely N-dealkylation sites (tertiary alicyclic amines) is 1. The molecule has 2 saturated heterocycles. The van der Waals surface area contributed by atoms with Crippen LogP contribution >= 0.6 is 0 Å². The highest BCUT2D eigenvalue weighted by Gasteiger charge is 2.42. The quantitative estimate of drug-likeness (QED) is 0.764. The third-order valence-corrected chi connectivity index (χ3v) is 4.66. The first-order chi connectivity index (χ1) is 11.7. The highest BCUT2D eigenvalue weighted by molar-refractivity contribution is 5.84. The Labute approximate surface area is 142 Å². The van der Waals surface area contributed by atoms with Gasteiger partial charge in [-0.3, -0.25) is 14.5 Å². The molecule has 1 aromatic heterocycles. The Morgan fingerprint density at radius 1 is 1.12 bits per heavy atom. The second kappa shape index (κ2) is 6.66. The molecule has 0 spiro atoms. The molecule has 0 radical (unpaired) electrons. The van der Waals surface area contributed by atoms with Gasteiger partial charge in [0.15, 0.2) is 0 Å². The standard InChI is InChI=1S/C15H20F3N5O2/c1-20-13(24)3-2-12(19-20)22-8-6-21(7-9-22)11-4-5-23(14(11)25)10-15(16,17)18/h2-3,11H,4-10H2,1H3. The first-order valence-electron chi connectivity index (χ1n) is 8.13. The maximum atomic E-state index is 12.5. The minimum Gasteiger partial charge on any atom is -0.353 e. The van der Waals surface area contributed by atoms with Gasteiger partial charge in [-0.15, -0.1) is 0 Å². The number of aromatic nitrogens is 2. The maximum Gasteiger partial charge on any atom is 0.406 e. The number of halogens is 3. The molecule has 2 aliphatic heterocycles. The Kier molecular flexibility index (Phi) is 4.72. The fourth-order valence-corrected chi connectivity index (χ4v) is 3.36. The number of hydrogen-bond acceptors (Lipinski definition) is 5. The highest BCUT2D eigenvalue weighted by atomic mass is 19.4. The second-order valence-corrected chi connectivity index (χ2v) is 6.36. The number of rotatable bonds is 3. The van der Waals surface area contributed by atoms with Crippen molar-refractivity contribution in [2.24, 2.45) is 7.05 Å². The molecule has 3 rings (SSSR count). The molecule has 10 heteroatoms. The Morgan fingerprint density at radius 3 is 2.40 bits per heavy atom. The molecular weight excluding hydrogens is 339 g/mol. The zero-order valence-corrected chi connectivity index (χ0v) is 13.9. The van der Waals surface area contributed by atoms with Gasteiger partial charge in [0, 0.05) is 45.8 Å². The average Bonchev–Trinajstić information content (AvgIpc) is 2.89. The van der Waals surface area contributed by atoms with E-state index in [1.807, 2.05) is 9.80 Å². The van der Waals surface area contributed by atoms with Crippen LogP contribution in [0.15, 0.2) is 16.9 Å². The number of hydrogen-bond donors (Lipinski definition) is 0. The predicted octanol–water partition coefficient (Wildman–Crippen LogP) is 0.0655. The molecule has 1 atom stereocenters. The van der Waals surface area contributed by atoms with E-state index in [-0.39, 0.29) is 12.1 Å². The molecule has 0 bridgehead atoms. The Balaban J connectivity index is 1.58. The molecule has 2 fully saturated rings. The van der Waals surface area contributed by atoms with Crippen LogP contribution in [-0.2, 0) is 11.8 Å². The maximum absolute atomic E-state index is 12.5. The molecule has 0 aromatic carbocycles. The van der Waals surface area contributed by atoms with Crippen LogP contribution in [0.4, 0.5) is 19.0 Å².